The van der Waals surface area contributed by atoms with Gasteiger partial charge in [0.15, 0.2) is 11.5 Å². The molecule has 4 aromatic heterocycles. The molecule has 0 radical (unpaired) electrons. The summed E-state index contributed by atoms with van der Waals surface area (Å²) in [5, 5.41) is 9.84. The second-order valence-electron chi connectivity index (χ2n) is 11.0. The number of nitrogens with one attached hydrogen (secondary N) is 1. The van der Waals surface area contributed by atoms with Crippen LogP contribution in [0.15, 0.2) is 30.9 Å². The van der Waals surface area contributed by atoms with Gasteiger partial charge < -0.3 is 5.32 Å². The molecule has 2 aliphatic rings. The zero-order chi connectivity index (χ0) is 23.5. The van der Waals surface area contributed by atoms with Gasteiger partial charge in [0.25, 0.3) is 0 Å². The van der Waals surface area contributed by atoms with Gasteiger partial charge in [0.2, 0.25) is 0 Å². The zero-order valence-electron chi connectivity index (χ0n) is 20.5. The van der Waals surface area contributed by atoms with Gasteiger partial charge in [-0.05, 0) is 70.7 Å². The summed E-state index contributed by atoms with van der Waals surface area (Å²) in [4.78, 5) is 19.2. The molecule has 1 saturated heterocycles. The van der Waals surface area contributed by atoms with E-state index in [2.05, 4.69) is 49.0 Å². The molecule has 4 aromatic rings. The predicted molar refractivity (Wildman–Crippen MR) is 136 cm³/mol. The first kappa shape index (κ1) is 22.1. The monoisotopic (exact) mass is 475 g/mol. The number of fused-ring (bicyclic) bond motifs is 5. The van der Waals surface area contributed by atoms with E-state index in [9.17, 15) is 0 Å². The first-order chi connectivity index (χ1) is 16.3. The van der Waals surface area contributed by atoms with Crippen molar-refractivity contribution in [3.8, 4) is 0 Å². The summed E-state index contributed by atoms with van der Waals surface area (Å²) in [5.41, 5.74) is 3.60. The summed E-state index contributed by atoms with van der Waals surface area (Å²) in [7, 11) is 0. The standard InChI is InChI=1S/C26H33N7S/c1-25(2)14-18-21-23-29-20(30-33(23)16-28-24(21)34-22(18)26(3,4)31-25)10-13-32-12-6-5-9-19(32)17-8-7-11-27-15-17/h7-8,11,15-16,19,31H,5-6,9-10,12-14H2,1-4H3. The van der Waals surface area contributed by atoms with Crippen molar-refractivity contribution in [2.45, 2.75) is 76.9 Å². The van der Waals surface area contributed by atoms with Crippen LogP contribution in [0.25, 0.3) is 15.9 Å². The van der Waals surface area contributed by atoms with Crippen LogP contribution in [-0.4, -0.2) is 48.1 Å². The molecular formula is C26H33N7S. The highest BCUT2D eigenvalue weighted by atomic mass is 32.1. The number of hydrogen-bond acceptors (Lipinski definition) is 7. The smallest absolute Gasteiger partial charge is 0.167 e. The van der Waals surface area contributed by atoms with Gasteiger partial charge in [-0.25, -0.2) is 14.5 Å². The van der Waals surface area contributed by atoms with Gasteiger partial charge in [-0.15, -0.1) is 16.4 Å². The molecule has 0 aromatic carbocycles. The Morgan fingerprint density at radius 3 is 2.91 bits per heavy atom. The van der Waals surface area contributed by atoms with Gasteiger partial charge in [0.05, 0.1) is 5.39 Å². The van der Waals surface area contributed by atoms with Crippen molar-refractivity contribution in [2.75, 3.05) is 13.1 Å². The zero-order valence-corrected chi connectivity index (χ0v) is 21.3. The van der Waals surface area contributed by atoms with Crippen LogP contribution in [0.1, 0.15) is 74.8 Å². The van der Waals surface area contributed by atoms with Crippen LogP contribution in [0.3, 0.4) is 0 Å². The van der Waals surface area contributed by atoms with E-state index in [1.165, 1.54) is 40.7 Å². The Bertz CT molecular complexity index is 1340. The van der Waals surface area contributed by atoms with E-state index in [0.29, 0.717) is 6.04 Å². The number of piperidine rings is 1. The molecule has 1 N–H and O–H groups in total. The first-order valence-corrected chi connectivity index (χ1v) is 13.2. The molecule has 0 saturated carbocycles. The maximum atomic E-state index is 5.06. The molecule has 6 heterocycles. The minimum absolute atomic E-state index is 0.0236. The van der Waals surface area contributed by atoms with Crippen molar-refractivity contribution in [3.63, 3.8) is 0 Å². The minimum Gasteiger partial charge on any atom is -0.302 e. The fourth-order valence-electron chi connectivity index (χ4n) is 6.12. The Morgan fingerprint density at radius 2 is 2.09 bits per heavy atom. The van der Waals surface area contributed by atoms with Gasteiger partial charge in [-0.3, -0.25) is 9.88 Å². The Morgan fingerprint density at radius 1 is 1.21 bits per heavy atom. The van der Waals surface area contributed by atoms with Crippen molar-refractivity contribution >= 4 is 27.2 Å². The fourth-order valence-corrected chi connectivity index (χ4v) is 7.33. The molecule has 0 aliphatic carbocycles. The number of hydrogen-bond donors (Lipinski definition) is 1. The molecule has 0 bridgehead atoms. The number of thiophene rings is 1. The van der Waals surface area contributed by atoms with Crippen molar-refractivity contribution in [1.82, 2.24) is 34.8 Å². The molecule has 1 fully saturated rings. The Balaban J connectivity index is 1.32. The van der Waals surface area contributed by atoms with Crippen LogP contribution < -0.4 is 5.32 Å². The molecule has 7 nitrogen and oxygen atoms in total. The van der Waals surface area contributed by atoms with Crippen LogP contribution in [-0.2, 0) is 18.4 Å². The van der Waals surface area contributed by atoms with Gasteiger partial charge in [0, 0.05) is 47.4 Å². The summed E-state index contributed by atoms with van der Waals surface area (Å²) in [5.74, 6) is 0.900. The number of rotatable bonds is 4. The number of nitrogens with zero attached hydrogens (tertiary/aromatic N) is 6. The van der Waals surface area contributed by atoms with E-state index in [1.807, 2.05) is 29.3 Å². The summed E-state index contributed by atoms with van der Waals surface area (Å²) in [6.45, 7) is 11.2. The third-order valence-electron chi connectivity index (χ3n) is 7.31. The molecule has 2 aliphatic heterocycles. The number of likely N-dealkylation sites (tertiary alicyclic amines) is 1. The van der Waals surface area contributed by atoms with E-state index < -0.39 is 0 Å². The largest absolute Gasteiger partial charge is 0.302 e. The molecular weight excluding hydrogens is 442 g/mol. The average Bonchev–Trinajstić information content (AvgIpc) is 3.38. The Labute approximate surface area is 204 Å². The van der Waals surface area contributed by atoms with E-state index in [4.69, 9.17) is 15.1 Å². The minimum atomic E-state index is -0.0855. The maximum absolute atomic E-state index is 5.06. The lowest BCUT2D eigenvalue weighted by molar-refractivity contribution is 0.149. The summed E-state index contributed by atoms with van der Waals surface area (Å²) < 4.78 is 1.89. The van der Waals surface area contributed by atoms with Gasteiger partial charge in [0.1, 0.15) is 11.2 Å². The number of aromatic nitrogens is 5. The van der Waals surface area contributed by atoms with Crippen molar-refractivity contribution < 1.29 is 0 Å². The lowest BCUT2D eigenvalue weighted by atomic mass is 9.82. The normalized spacial score (nSPS) is 22.3. The second-order valence-corrected chi connectivity index (χ2v) is 12.0. The van der Waals surface area contributed by atoms with Crippen molar-refractivity contribution in [3.05, 3.63) is 52.7 Å². The number of pyridine rings is 1. The SMILES string of the molecule is CC1(C)Cc2c(sc3ncn4nc(CCN5CCCCC5c5cccnc5)nc4c23)C(C)(C)N1. The second kappa shape index (κ2) is 8.07. The predicted octanol–water partition coefficient (Wildman–Crippen LogP) is 4.66. The lowest BCUT2D eigenvalue weighted by Crippen LogP contribution is -2.54. The van der Waals surface area contributed by atoms with Crippen LogP contribution in [0.5, 0.6) is 0 Å². The van der Waals surface area contributed by atoms with Gasteiger partial charge in [-0.2, -0.15) is 0 Å². The molecule has 34 heavy (non-hydrogen) atoms. The molecule has 0 amide bonds. The van der Waals surface area contributed by atoms with Crippen LogP contribution in [0.4, 0.5) is 0 Å². The highest BCUT2D eigenvalue weighted by Crippen LogP contribution is 2.44. The molecule has 6 rings (SSSR count). The van der Waals surface area contributed by atoms with Crippen molar-refractivity contribution in [1.29, 1.82) is 0 Å². The van der Waals surface area contributed by atoms with Crippen LogP contribution in [0.2, 0.25) is 0 Å². The van der Waals surface area contributed by atoms with Gasteiger partial charge >= 0.3 is 0 Å². The highest BCUT2D eigenvalue weighted by Gasteiger charge is 2.40. The Kier molecular flexibility index (Phi) is 5.24. The third-order valence-corrected chi connectivity index (χ3v) is 8.78. The molecule has 0 spiro atoms. The lowest BCUT2D eigenvalue weighted by Gasteiger charge is -2.42. The van der Waals surface area contributed by atoms with Crippen LogP contribution in [0, 0.1) is 0 Å². The van der Waals surface area contributed by atoms with Crippen molar-refractivity contribution in [2.24, 2.45) is 0 Å². The summed E-state index contributed by atoms with van der Waals surface area (Å²) in [6, 6.07) is 4.69. The molecule has 1 unspecified atom stereocenters. The first-order valence-electron chi connectivity index (χ1n) is 12.4. The quantitative estimate of drug-likeness (QED) is 0.463. The van der Waals surface area contributed by atoms with E-state index in [0.717, 1.165) is 42.2 Å². The van der Waals surface area contributed by atoms with E-state index in [1.54, 1.807) is 11.3 Å². The molecule has 178 valence electrons. The Hall–Kier alpha value is -2.42. The fraction of sp³-hybridized carbons (Fsp3) is 0.538. The van der Waals surface area contributed by atoms with Gasteiger partial charge in [-0.1, -0.05) is 12.5 Å². The average molecular weight is 476 g/mol. The highest BCUT2D eigenvalue weighted by molar-refractivity contribution is 7.19. The van der Waals surface area contributed by atoms with E-state index in [-0.39, 0.29) is 11.1 Å². The molecule has 8 heteroatoms. The summed E-state index contributed by atoms with van der Waals surface area (Å²) in [6.07, 6.45) is 11.2. The third kappa shape index (κ3) is 3.82. The topological polar surface area (TPSA) is 71.2 Å². The van der Waals surface area contributed by atoms with Crippen LogP contribution >= 0.6 is 11.3 Å². The maximum Gasteiger partial charge on any atom is 0.167 e. The van der Waals surface area contributed by atoms with E-state index >= 15 is 0 Å². The molecule has 1 atom stereocenters. The summed E-state index contributed by atoms with van der Waals surface area (Å²) >= 11 is 1.80.